The molecule has 1 unspecified atom stereocenters. The average molecular weight is 211 g/mol. The monoisotopic (exact) mass is 211 g/mol. The van der Waals surface area contributed by atoms with Crippen LogP contribution in [0.5, 0.6) is 0 Å². The maximum absolute atomic E-state index is 5.62. The maximum Gasteiger partial charge on any atom is 0.137 e. The fraction of sp³-hybridized carbons (Fsp3) is 0.800. The van der Waals surface area contributed by atoms with Crippen LogP contribution in [0.1, 0.15) is 13.8 Å². The van der Waals surface area contributed by atoms with Gasteiger partial charge >= 0.3 is 0 Å². The second-order valence-electron chi connectivity index (χ2n) is 4.69. The Hall–Kier alpha value is -0.940. The van der Waals surface area contributed by atoms with Gasteiger partial charge in [-0.3, -0.25) is 0 Å². The molecule has 0 amide bonds. The van der Waals surface area contributed by atoms with Crippen LogP contribution in [0.2, 0.25) is 0 Å². The summed E-state index contributed by atoms with van der Waals surface area (Å²) in [6.07, 6.45) is 3.26. The van der Waals surface area contributed by atoms with Gasteiger partial charge in [-0.1, -0.05) is 13.8 Å². The minimum absolute atomic E-state index is 0.00625. The molecule has 0 N–H and O–H groups in total. The van der Waals surface area contributed by atoms with Crippen molar-refractivity contribution in [3.05, 3.63) is 12.7 Å². The van der Waals surface area contributed by atoms with E-state index in [-0.39, 0.29) is 11.0 Å². The minimum atomic E-state index is -0.142. The van der Waals surface area contributed by atoms with Crippen LogP contribution in [-0.2, 0) is 16.0 Å². The smallest absolute Gasteiger partial charge is 0.137 e. The lowest BCUT2D eigenvalue weighted by molar-refractivity contribution is 0.0268. The first-order chi connectivity index (χ1) is 7.10. The second-order valence-corrected chi connectivity index (χ2v) is 4.69. The highest BCUT2D eigenvalue weighted by Crippen LogP contribution is 2.45. The molecule has 0 bridgehead atoms. The van der Waals surface area contributed by atoms with Crippen molar-refractivity contribution in [3.8, 4) is 0 Å². The third-order valence-electron chi connectivity index (χ3n) is 3.12. The standard InChI is InChI=1S/C10H17N3O2/c1-9(2,5-14-3)10(6-15-10)4-13-8-11-7-12-13/h7-8H,4-6H2,1-3H3. The van der Waals surface area contributed by atoms with Crippen molar-refractivity contribution < 1.29 is 9.47 Å². The molecule has 1 aromatic rings. The van der Waals surface area contributed by atoms with E-state index < -0.39 is 0 Å². The Bertz CT molecular complexity index is 317. The van der Waals surface area contributed by atoms with Gasteiger partial charge in [0.15, 0.2) is 0 Å². The highest BCUT2D eigenvalue weighted by Gasteiger charge is 2.57. The third kappa shape index (κ3) is 1.89. The van der Waals surface area contributed by atoms with E-state index in [0.29, 0.717) is 6.61 Å². The lowest BCUT2D eigenvalue weighted by Crippen LogP contribution is -2.40. The largest absolute Gasteiger partial charge is 0.384 e. The number of rotatable bonds is 5. The van der Waals surface area contributed by atoms with Crippen LogP contribution >= 0.6 is 0 Å². The number of aromatic nitrogens is 3. The zero-order valence-corrected chi connectivity index (χ0v) is 9.43. The summed E-state index contributed by atoms with van der Waals surface area (Å²) in [5.41, 5.74) is -0.148. The lowest BCUT2D eigenvalue weighted by atomic mass is 9.79. The van der Waals surface area contributed by atoms with E-state index in [9.17, 15) is 0 Å². The van der Waals surface area contributed by atoms with Crippen molar-refractivity contribution in [2.45, 2.75) is 26.0 Å². The molecule has 0 spiro atoms. The Morgan fingerprint density at radius 2 is 2.33 bits per heavy atom. The first-order valence-electron chi connectivity index (χ1n) is 5.05. The number of nitrogens with zero attached hydrogens (tertiary/aromatic N) is 3. The molecule has 0 radical (unpaired) electrons. The molecule has 5 nitrogen and oxygen atoms in total. The van der Waals surface area contributed by atoms with E-state index in [1.54, 1.807) is 19.8 Å². The Labute approximate surface area is 89.4 Å². The molecule has 2 rings (SSSR count). The highest BCUT2D eigenvalue weighted by atomic mass is 16.6. The molecule has 1 fully saturated rings. The maximum atomic E-state index is 5.62. The summed E-state index contributed by atoms with van der Waals surface area (Å²) in [5, 5.41) is 4.10. The van der Waals surface area contributed by atoms with E-state index in [1.165, 1.54) is 0 Å². The van der Waals surface area contributed by atoms with Crippen molar-refractivity contribution in [1.82, 2.24) is 14.8 Å². The molecule has 1 saturated heterocycles. The number of methoxy groups -OCH3 is 1. The molecule has 0 saturated carbocycles. The van der Waals surface area contributed by atoms with Gasteiger partial charge in [-0.05, 0) is 0 Å². The topological polar surface area (TPSA) is 52.5 Å². The van der Waals surface area contributed by atoms with E-state index >= 15 is 0 Å². The Kier molecular flexibility index (Phi) is 2.52. The fourth-order valence-electron chi connectivity index (χ4n) is 1.85. The van der Waals surface area contributed by atoms with Crippen molar-refractivity contribution in [2.24, 2.45) is 5.41 Å². The first kappa shape index (κ1) is 10.6. The average Bonchev–Trinajstić information content (AvgIpc) is 2.76. The zero-order valence-electron chi connectivity index (χ0n) is 9.43. The third-order valence-corrected chi connectivity index (χ3v) is 3.12. The van der Waals surface area contributed by atoms with Gasteiger partial charge in [0.05, 0.1) is 19.8 Å². The predicted molar refractivity (Wildman–Crippen MR) is 54.4 cm³/mol. The molecule has 1 atom stereocenters. The van der Waals surface area contributed by atoms with Crippen LogP contribution in [-0.4, -0.2) is 40.7 Å². The van der Waals surface area contributed by atoms with Gasteiger partial charge in [0.25, 0.3) is 0 Å². The zero-order chi connectivity index (χ0) is 10.9. The summed E-state index contributed by atoms with van der Waals surface area (Å²) < 4.78 is 12.7. The molecule has 84 valence electrons. The molecular weight excluding hydrogens is 194 g/mol. The molecule has 1 aliphatic heterocycles. The molecule has 2 heterocycles. The van der Waals surface area contributed by atoms with E-state index in [0.717, 1.165) is 13.2 Å². The molecule has 15 heavy (non-hydrogen) atoms. The van der Waals surface area contributed by atoms with Gasteiger partial charge in [-0.25, -0.2) is 9.67 Å². The summed E-state index contributed by atoms with van der Waals surface area (Å²) in [6, 6.07) is 0. The summed E-state index contributed by atoms with van der Waals surface area (Å²) >= 11 is 0. The molecule has 1 aliphatic rings. The van der Waals surface area contributed by atoms with Crippen LogP contribution in [0.25, 0.3) is 0 Å². The number of ether oxygens (including phenoxy) is 2. The molecule has 0 aromatic carbocycles. The summed E-state index contributed by atoms with van der Waals surface area (Å²) in [7, 11) is 1.72. The molecule has 5 heteroatoms. The molecule has 1 aromatic heterocycles. The van der Waals surface area contributed by atoms with Crippen LogP contribution in [0.4, 0.5) is 0 Å². The van der Waals surface area contributed by atoms with Gasteiger partial charge in [0.2, 0.25) is 0 Å². The van der Waals surface area contributed by atoms with E-state index in [2.05, 4.69) is 23.9 Å². The SMILES string of the molecule is COCC(C)(C)C1(Cn2cncn2)CO1. The Morgan fingerprint density at radius 1 is 1.60 bits per heavy atom. The quantitative estimate of drug-likeness (QED) is 0.673. The normalized spacial score (nSPS) is 25.5. The number of epoxide rings is 1. The van der Waals surface area contributed by atoms with Crippen molar-refractivity contribution in [3.63, 3.8) is 0 Å². The van der Waals surface area contributed by atoms with E-state index in [4.69, 9.17) is 9.47 Å². The highest BCUT2D eigenvalue weighted by molar-refractivity contribution is 5.03. The first-order valence-corrected chi connectivity index (χ1v) is 5.05. The van der Waals surface area contributed by atoms with Gasteiger partial charge in [-0.15, -0.1) is 0 Å². The fourth-order valence-corrected chi connectivity index (χ4v) is 1.85. The summed E-state index contributed by atoms with van der Waals surface area (Å²) in [4.78, 5) is 3.93. The van der Waals surface area contributed by atoms with Gasteiger partial charge in [0, 0.05) is 12.5 Å². The van der Waals surface area contributed by atoms with Gasteiger partial charge in [0.1, 0.15) is 18.3 Å². The van der Waals surface area contributed by atoms with Crippen molar-refractivity contribution in [2.75, 3.05) is 20.3 Å². The van der Waals surface area contributed by atoms with Crippen LogP contribution in [0.3, 0.4) is 0 Å². The molecule has 0 aliphatic carbocycles. The van der Waals surface area contributed by atoms with E-state index in [1.807, 2.05) is 4.68 Å². The second kappa shape index (κ2) is 3.57. The Morgan fingerprint density at radius 3 is 2.80 bits per heavy atom. The van der Waals surface area contributed by atoms with Gasteiger partial charge < -0.3 is 9.47 Å². The van der Waals surface area contributed by atoms with Crippen LogP contribution < -0.4 is 0 Å². The number of hydrogen-bond donors (Lipinski definition) is 0. The van der Waals surface area contributed by atoms with Crippen molar-refractivity contribution in [1.29, 1.82) is 0 Å². The molecular formula is C10H17N3O2. The minimum Gasteiger partial charge on any atom is -0.384 e. The van der Waals surface area contributed by atoms with Crippen LogP contribution in [0.15, 0.2) is 12.7 Å². The van der Waals surface area contributed by atoms with Crippen LogP contribution in [0, 0.1) is 5.41 Å². The summed E-state index contributed by atoms with van der Waals surface area (Å²) in [5.74, 6) is 0. The van der Waals surface area contributed by atoms with Crippen molar-refractivity contribution >= 4 is 0 Å². The predicted octanol–water partition coefficient (Wildman–Crippen LogP) is 0.720. The Balaban J connectivity index is 2.07. The summed E-state index contributed by atoms with van der Waals surface area (Å²) in [6.45, 7) is 6.50. The number of hydrogen-bond acceptors (Lipinski definition) is 4. The lowest BCUT2D eigenvalue weighted by Gasteiger charge is -2.30. The van der Waals surface area contributed by atoms with Gasteiger partial charge in [-0.2, -0.15) is 5.10 Å².